The molecule has 4 rings (SSSR count). The monoisotopic (exact) mass is 564 g/mol. The van der Waals surface area contributed by atoms with Crippen LogP contribution in [0.5, 0.6) is 11.6 Å². The highest BCUT2D eigenvalue weighted by atomic mass is 32.2. The molecule has 0 spiro atoms. The number of sulfone groups is 1. The van der Waals surface area contributed by atoms with Crippen LogP contribution in [-0.2, 0) is 15.6 Å². The lowest BCUT2D eigenvalue weighted by atomic mass is 9.99. The summed E-state index contributed by atoms with van der Waals surface area (Å²) < 4.78 is 81.5. The van der Waals surface area contributed by atoms with Crippen molar-refractivity contribution in [3.05, 3.63) is 65.2 Å². The van der Waals surface area contributed by atoms with Crippen LogP contribution in [0, 0.1) is 17.5 Å². The summed E-state index contributed by atoms with van der Waals surface area (Å²) in [5.41, 5.74) is -1.29. The second kappa shape index (κ2) is 11.3. The van der Waals surface area contributed by atoms with E-state index in [1.54, 1.807) is 0 Å². The lowest BCUT2D eigenvalue weighted by Gasteiger charge is -2.15. The van der Waals surface area contributed by atoms with Crippen LogP contribution in [0.25, 0.3) is 22.0 Å². The molecule has 14 heteroatoms. The Morgan fingerprint density at radius 2 is 1.87 bits per heavy atom. The van der Waals surface area contributed by atoms with Crippen LogP contribution in [0.4, 0.5) is 13.2 Å². The summed E-state index contributed by atoms with van der Waals surface area (Å²) in [6.45, 7) is 0.0640. The zero-order valence-electron chi connectivity index (χ0n) is 20.7. The molecule has 206 valence electrons. The van der Waals surface area contributed by atoms with Crippen LogP contribution in [-0.4, -0.2) is 62.0 Å². The molecule has 0 aliphatic heterocycles. The van der Waals surface area contributed by atoms with Gasteiger partial charge in [-0.25, -0.2) is 26.6 Å². The van der Waals surface area contributed by atoms with Crippen molar-refractivity contribution in [2.75, 3.05) is 27.4 Å². The minimum Gasteiger partial charge on any atom is -0.496 e. The van der Waals surface area contributed by atoms with Crippen molar-refractivity contribution in [2.24, 2.45) is 0 Å². The fraction of sp³-hybridized carbons (Fsp3) is 0.240. The van der Waals surface area contributed by atoms with E-state index in [2.05, 4.69) is 20.5 Å². The van der Waals surface area contributed by atoms with E-state index in [4.69, 9.17) is 14.6 Å². The van der Waals surface area contributed by atoms with Gasteiger partial charge in [-0.3, -0.25) is 9.89 Å². The Labute approximate surface area is 220 Å². The number of pyridine rings is 1. The van der Waals surface area contributed by atoms with E-state index in [1.165, 1.54) is 25.3 Å². The fourth-order valence-electron chi connectivity index (χ4n) is 3.98. The number of benzene rings is 2. The molecule has 1 amide bonds. The molecule has 39 heavy (non-hydrogen) atoms. The summed E-state index contributed by atoms with van der Waals surface area (Å²) in [6, 6.07) is 5.74. The first-order chi connectivity index (χ1) is 18.6. The number of amides is 1. The zero-order valence-corrected chi connectivity index (χ0v) is 21.5. The number of nitrogens with one attached hydrogen (secondary N) is 2. The van der Waals surface area contributed by atoms with Crippen LogP contribution in [0.1, 0.15) is 22.5 Å². The Bertz CT molecular complexity index is 1660. The molecule has 0 unspecified atom stereocenters. The van der Waals surface area contributed by atoms with Gasteiger partial charge in [0, 0.05) is 29.7 Å². The maximum absolute atomic E-state index is 15.9. The highest BCUT2D eigenvalue weighted by Crippen LogP contribution is 2.39. The van der Waals surface area contributed by atoms with E-state index in [0.717, 1.165) is 19.4 Å². The Morgan fingerprint density at radius 1 is 1.10 bits per heavy atom. The van der Waals surface area contributed by atoms with Gasteiger partial charge in [0.05, 0.1) is 31.7 Å². The average Bonchev–Trinajstić information content (AvgIpc) is 3.35. The van der Waals surface area contributed by atoms with Crippen LogP contribution in [0.15, 0.2) is 41.4 Å². The number of halogens is 3. The molecule has 0 fully saturated rings. The topological polar surface area (TPSA) is 144 Å². The molecule has 0 radical (unpaired) electrons. The molecule has 0 aliphatic rings. The number of hydrogen-bond acceptors (Lipinski definition) is 8. The minimum absolute atomic E-state index is 0.0293. The summed E-state index contributed by atoms with van der Waals surface area (Å²) >= 11 is 0. The van der Waals surface area contributed by atoms with E-state index in [1.807, 2.05) is 0 Å². The molecule has 0 aliphatic carbocycles. The number of aromatic nitrogens is 3. The zero-order chi connectivity index (χ0) is 28.3. The van der Waals surface area contributed by atoms with Crippen molar-refractivity contribution in [1.29, 1.82) is 0 Å². The second-order valence-corrected chi connectivity index (χ2v) is 10.2. The third-order valence-electron chi connectivity index (χ3n) is 5.84. The normalized spacial score (nSPS) is 11.5. The summed E-state index contributed by atoms with van der Waals surface area (Å²) in [4.78, 5) is 15.4. The molecular formula is C25H23F3N4O6S. The predicted molar refractivity (Wildman–Crippen MR) is 134 cm³/mol. The Hall–Kier alpha value is -4.17. The van der Waals surface area contributed by atoms with Crippen molar-refractivity contribution in [1.82, 2.24) is 20.5 Å². The molecule has 0 saturated heterocycles. The number of nitrogens with zero attached hydrogens (tertiary/aromatic N) is 2. The first kappa shape index (κ1) is 27.9. The van der Waals surface area contributed by atoms with Gasteiger partial charge in [-0.1, -0.05) is 12.1 Å². The number of carbonyl (C=O) groups excluding carboxylic acids is 1. The van der Waals surface area contributed by atoms with Gasteiger partial charge in [0.2, 0.25) is 5.88 Å². The number of aliphatic hydroxyl groups excluding tert-OH is 1. The molecule has 0 atom stereocenters. The standard InChI is InChI=1S/C25H23F3N4O6S/c1-37-17-7-4-13(12-39(35,36)18-10-14(26)11-30-25(18)38-2)20(27)19(17)15-5-6-16-22(21(15)28)31-32-23(16)24(34)29-8-3-9-33/h4-7,10-11,33H,3,8-9,12H2,1-2H3,(H,29,34)(H,31,32). The minimum atomic E-state index is -4.36. The van der Waals surface area contributed by atoms with Gasteiger partial charge in [-0.2, -0.15) is 5.10 Å². The van der Waals surface area contributed by atoms with Crippen LogP contribution < -0.4 is 14.8 Å². The third-order valence-corrected chi connectivity index (χ3v) is 7.50. The van der Waals surface area contributed by atoms with E-state index in [0.29, 0.717) is 12.5 Å². The largest absolute Gasteiger partial charge is 0.496 e. The maximum Gasteiger partial charge on any atom is 0.269 e. The summed E-state index contributed by atoms with van der Waals surface area (Å²) in [6.07, 6.45) is 1.10. The number of methoxy groups -OCH3 is 2. The van der Waals surface area contributed by atoms with Gasteiger partial charge >= 0.3 is 0 Å². The van der Waals surface area contributed by atoms with Gasteiger partial charge in [0.25, 0.3) is 5.91 Å². The maximum atomic E-state index is 15.9. The number of hydrogen-bond donors (Lipinski definition) is 3. The van der Waals surface area contributed by atoms with Crippen molar-refractivity contribution in [3.63, 3.8) is 0 Å². The molecule has 2 aromatic carbocycles. The van der Waals surface area contributed by atoms with Crippen molar-refractivity contribution in [2.45, 2.75) is 17.1 Å². The molecule has 2 heterocycles. The summed E-state index contributed by atoms with van der Waals surface area (Å²) in [5, 5.41) is 17.9. The lowest BCUT2D eigenvalue weighted by Crippen LogP contribution is -2.25. The molecule has 10 nitrogen and oxygen atoms in total. The molecule has 4 aromatic rings. The summed E-state index contributed by atoms with van der Waals surface area (Å²) in [7, 11) is -1.97. The van der Waals surface area contributed by atoms with E-state index in [-0.39, 0.29) is 58.1 Å². The SMILES string of the molecule is COc1ccc(CS(=O)(=O)c2cc(F)cnc2OC)c(F)c1-c1ccc2c(C(=O)NCCCO)[nH]nc2c1F. The smallest absolute Gasteiger partial charge is 0.269 e. The Morgan fingerprint density at radius 3 is 2.56 bits per heavy atom. The van der Waals surface area contributed by atoms with Gasteiger partial charge in [-0.15, -0.1) is 0 Å². The van der Waals surface area contributed by atoms with Crippen LogP contribution >= 0.6 is 0 Å². The van der Waals surface area contributed by atoms with E-state index < -0.39 is 43.8 Å². The first-order valence-electron chi connectivity index (χ1n) is 11.5. The molecule has 0 bridgehead atoms. The highest BCUT2D eigenvalue weighted by molar-refractivity contribution is 7.90. The number of ether oxygens (including phenoxy) is 2. The van der Waals surface area contributed by atoms with Crippen molar-refractivity contribution >= 4 is 26.6 Å². The number of rotatable bonds is 10. The Balaban J connectivity index is 1.78. The van der Waals surface area contributed by atoms with Crippen LogP contribution in [0.2, 0.25) is 0 Å². The predicted octanol–water partition coefficient (Wildman–Crippen LogP) is 3.15. The third kappa shape index (κ3) is 5.38. The first-order valence-corrected chi connectivity index (χ1v) is 13.1. The van der Waals surface area contributed by atoms with Gasteiger partial charge in [0.1, 0.15) is 33.5 Å². The lowest BCUT2D eigenvalue weighted by molar-refractivity contribution is 0.0947. The van der Waals surface area contributed by atoms with E-state index in [9.17, 15) is 17.6 Å². The van der Waals surface area contributed by atoms with Crippen LogP contribution in [0.3, 0.4) is 0 Å². The number of carbonyl (C=O) groups is 1. The second-order valence-electron chi connectivity index (χ2n) is 8.29. The average molecular weight is 565 g/mol. The van der Waals surface area contributed by atoms with E-state index >= 15 is 8.78 Å². The fourth-order valence-corrected chi connectivity index (χ4v) is 5.47. The molecule has 2 aromatic heterocycles. The highest BCUT2D eigenvalue weighted by Gasteiger charge is 2.28. The molecule has 3 N–H and O–H groups in total. The van der Waals surface area contributed by atoms with Crippen molar-refractivity contribution < 1.29 is 41.0 Å². The number of H-pyrrole nitrogens is 1. The van der Waals surface area contributed by atoms with Crippen molar-refractivity contribution in [3.8, 4) is 22.8 Å². The van der Waals surface area contributed by atoms with Gasteiger partial charge < -0.3 is 19.9 Å². The number of aliphatic hydroxyl groups is 1. The quantitative estimate of drug-likeness (QED) is 0.249. The molecular weight excluding hydrogens is 541 g/mol. The Kier molecular flexibility index (Phi) is 8.06. The molecule has 0 saturated carbocycles. The summed E-state index contributed by atoms with van der Waals surface area (Å²) in [5.74, 6) is -4.94. The number of aromatic amines is 1. The number of fused-ring (bicyclic) bond motifs is 1. The van der Waals surface area contributed by atoms with Gasteiger partial charge in [0.15, 0.2) is 15.7 Å². The van der Waals surface area contributed by atoms with Gasteiger partial charge in [-0.05, 0) is 24.6 Å².